The molecule has 0 aromatic heterocycles. The van der Waals surface area contributed by atoms with E-state index in [1.54, 1.807) is 6.08 Å². The van der Waals surface area contributed by atoms with Crippen LogP contribution in [0.5, 0.6) is 0 Å². The lowest BCUT2D eigenvalue weighted by atomic mass is 10.1. The monoisotopic (exact) mass is 278 g/mol. The van der Waals surface area contributed by atoms with Crippen LogP contribution in [-0.4, -0.2) is 33.6 Å². The van der Waals surface area contributed by atoms with Gasteiger partial charge in [-0.15, -0.1) is 0 Å². The number of aliphatic hydroxyl groups excluding tert-OH is 3. The Morgan fingerprint density at radius 2 is 1.60 bits per heavy atom. The minimum Gasteiger partial charge on any atom is -0.389 e. The van der Waals surface area contributed by atoms with Gasteiger partial charge in [-0.1, -0.05) is 57.4 Å². The molecule has 0 bridgehead atoms. The summed E-state index contributed by atoms with van der Waals surface area (Å²) in [4.78, 5) is 0. The molecular formula is C17H26O3. The van der Waals surface area contributed by atoms with E-state index in [-0.39, 0.29) is 0 Å². The SMILES string of the molecule is CCCCCCC(O)/C=C\[C@H](O)C#CC#C[C@@H](O)CC. The summed E-state index contributed by atoms with van der Waals surface area (Å²) in [5.74, 6) is 10.0. The Kier molecular flexibility index (Phi) is 12.0. The zero-order valence-electron chi connectivity index (χ0n) is 12.5. The van der Waals surface area contributed by atoms with Gasteiger partial charge in [0.15, 0.2) is 0 Å². The second-order valence-corrected chi connectivity index (χ2v) is 4.71. The topological polar surface area (TPSA) is 60.7 Å². The summed E-state index contributed by atoms with van der Waals surface area (Å²) in [5, 5.41) is 28.4. The summed E-state index contributed by atoms with van der Waals surface area (Å²) < 4.78 is 0. The first-order valence-electron chi connectivity index (χ1n) is 7.33. The van der Waals surface area contributed by atoms with Crippen molar-refractivity contribution in [2.45, 2.75) is 70.7 Å². The summed E-state index contributed by atoms with van der Waals surface area (Å²) in [5.41, 5.74) is 0. The molecule has 0 aromatic carbocycles. The minimum absolute atomic E-state index is 0.531. The van der Waals surface area contributed by atoms with Crippen LogP contribution in [0.1, 0.15) is 52.4 Å². The first kappa shape index (κ1) is 18.7. The van der Waals surface area contributed by atoms with Crippen molar-refractivity contribution in [3.8, 4) is 23.7 Å². The Labute approximate surface area is 122 Å². The van der Waals surface area contributed by atoms with Crippen LogP contribution < -0.4 is 0 Å². The quantitative estimate of drug-likeness (QED) is 0.361. The summed E-state index contributed by atoms with van der Waals surface area (Å²) in [6, 6.07) is 0. The summed E-state index contributed by atoms with van der Waals surface area (Å²) in [7, 11) is 0. The van der Waals surface area contributed by atoms with Gasteiger partial charge in [0.2, 0.25) is 0 Å². The van der Waals surface area contributed by atoms with Gasteiger partial charge in [-0.2, -0.15) is 0 Å². The van der Waals surface area contributed by atoms with E-state index in [2.05, 4.69) is 30.6 Å². The Morgan fingerprint density at radius 1 is 0.900 bits per heavy atom. The van der Waals surface area contributed by atoms with Crippen molar-refractivity contribution in [1.29, 1.82) is 0 Å². The van der Waals surface area contributed by atoms with Crippen molar-refractivity contribution < 1.29 is 15.3 Å². The first-order chi connectivity index (χ1) is 9.60. The highest BCUT2D eigenvalue weighted by Crippen LogP contribution is 2.06. The minimum atomic E-state index is -0.937. The smallest absolute Gasteiger partial charge is 0.134 e. The van der Waals surface area contributed by atoms with Crippen LogP contribution in [0.3, 0.4) is 0 Å². The van der Waals surface area contributed by atoms with E-state index in [0.29, 0.717) is 12.8 Å². The van der Waals surface area contributed by atoms with Crippen LogP contribution in [-0.2, 0) is 0 Å². The van der Waals surface area contributed by atoms with Gasteiger partial charge >= 0.3 is 0 Å². The molecule has 0 saturated carbocycles. The van der Waals surface area contributed by atoms with E-state index >= 15 is 0 Å². The van der Waals surface area contributed by atoms with E-state index in [9.17, 15) is 10.2 Å². The summed E-state index contributed by atoms with van der Waals surface area (Å²) in [6.45, 7) is 3.97. The van der Waals surface area contributed by atoms with Gasteiger partial charge in [-0.05, 0) is 30.8 Å². The third-order valence-electron chi connectivity index (χ3n) is 2.78. The molecule has 112 valence electrons. The molecule has 0 saturated heterocycles. The molecule has 0 fully saturated rings. The maximum atomic E-state index is 9.67. The molecule has 0 aromatic rings. The summed E-state index contributed by atoms with van der Waals surface area (Å²) >= 11 is 0. The third kappa shape index (κ3) is 11.8. The number of hydrogen-bond acceptors (Lipinski definition) is 3. The van der Waals surface area contributed by atoms with Crippen molar-refractivity contribution in [3.05, 3.63) is 12.2 Å². The molecule has 0 aliphatic rings. The van der Waals surface area contributed by atoms with E-state index < -0.39 is 18.3 Å². The van der Waals surface area contributed by atoms with Crippen LogP contribution >= 0.6 is 0 Å². The average Bonchev–Trinajstić information content (AvgIpc) is 2.45. The molecule has 1 unspecified atom stereocenters. The second-order valence-electron chi connectivity index (χ2n) is 4.71. The van der Waals surface area contributed by atoms with Crippen molar-refractivity contribution >= 4 is 0 Å². The van der Waals surface area contributed by atoms with Crippen LogP contribution in [0.2, 0.25) is 0 Å². The fraction of sp³-hybridized carbons (Fsp3) is 0.647. The van der Waals surface area contributed by atoms with E-state index in [1.807, 2.05) is 6.92 Å². The van der Waals surface area contributed by atoms with Crippen LogP contribution in [0.15, 0.2) is 12.2 Å². The molecule has 3 heteroatoms. The van der Waals surface area contributed by atoms with Crippen molar-refractivity contribution in [1.82, 2.24) is 0 Å². The van der Waals surface area contributed by atoms with E-state index in [4.69, 9.17) is 5.11 Å². The van der Waals surface area contributed by atoms with Crippen molar-refractivity contribution in [3.63, 3.8) is 0 Å². The standard InChI is InChI=1S/C17H26O3/c1-3-5-6-7-11-16(19)13-14-17(20)12-9-8-10-15(18)4-2/h13-20H,3-7,11H2,1-2H3/b14-13-/t15-,16?,17+/m0/s1. The molecule has 3 nitrogen and oxygen atoms in total. The van der Waals surface area contributed by atoms with Crippen molar-refractivity contribution in [2.24, 2.45) is 0 Å². The molecular weight excluding hydrogens is 252 g/mol. The maximum Gasteiger partial charge on any atom is 0.134 e. The zero-order valence-corrected chi connectivity index (χ0v) is 12.5. The van der Waals surface area contributed by atoms with Crippen LogP contribution in [0, 0.1) is 23.7 Å². The second kappa shape index (κ2) is 12.8. The van der Waals surface area contributed by atoms with Gasteiger partial charge in [0, 0.05) is 0 Å². The highest BCUT2D eigenvalue weighted by molar-refractivity contribution is 5.30. The maximum absolute atomic E-state index is 9.67. The number of rotatable bonds is 8. The normalized spacial score (nSPS) is 14.8. The van der Waals surface area contributed by atoms with Gasteiger partial charge < -0.3 is 15.3 Å². The van der Waals surface area contributed by atoms with E-state index in [1.165, 1.54) is 18.9 Å². The Bertz CT molecular complexity index is 379. The predicted octanol–water partition coefficient (Wildman–Crippen LogP) is 2.01. The van der Waals surface area contributed by atoms with Gasteiger partial charge in [-0.3, -0.25) is 0 Å². The largest absolute Gasteiger partial charge is 0.389 e. The molecule has 0 rings (SSSR count). The summed E-state index contributed by atoms with van der Waals surface area (Å²) in [6.07, 6.45) is 6.64. The van der Waals surface area contributed by atoms with E-state index in [0.717, 1.165) is 12.8 Å². The van der Waals surface area contributed by atoms with Crippen molar-refractivity contribution in [2.75, 3.05) is 0 Å². The fourth-order valence-corrected chi connectivity index (χ4v) is 1.49. The lowest BCUT2D eigenvalue weighted by Crippen LogP contribution is -2.05. The van der Waals surface area contributed by atoms with Gasteiger partial charge in [0.25, 0.3) is 0 Å². The molecule has 0 radical (unpaired) electrons. The fourth-order valence-electron chi connectivity index (χ4n) is 1.49. The predicted molar refractivity (Wildman–Crippen MR) is 81.8 cm³/mol. The molecule has 0 spiro atoms. The first-order valence-corrected chi connectivity index (χ1v) is 7.33. The van der Waals surface area contributed by atoms with Gasteiger partial charge in [0.1, 0.15) is 12.2 Å². The van der Waals surface area contributed by atoms with Crippen LogP contribution in [0.4, 0.5) is 0 Å². The number of aliphatic hydroxyl groups is 3. The van der Waals surface area contributed by atoms with Gasteiger partial charge in [-0.25, -0.2) is 0 Å². The average molecular weight is 278 g/mol. The molecule has 3 atom stereocenters. The molecule has 0 amide bonds. The molecule has 20 heavy (non-hydrogen) atoms. The lowest BCUT2D eigenvalue weighted by Gasteiger charge is -2.05. The Hall–Kier alpha value is -1.26. The molecule has 0 aliphatic carbocycles. The molecule has 3 N–H and O–H groups in total. The third-order valence-corrected chi connectivity index (χ3v) is 2.78. The Balaban J connectivity index is 3.99. The Morgan fingerprint density at radius 3 is 2.25 bits per heavy atom. The lowest BCUT2D eigenvalue weighted by molar-refractivity contribution is 0.205. The zero-order chi connectivity index (χ0) is 15.2. The molecule has 0 aliphatic heterocycles. The highest BCUT2D eigenvalue weighted by atomic mass is 16.3. The highest BCUT2D eigenvalue weighted by Gasteiger charge is 2.00. The van der Waals surface area contributed by atoms with Crippen LogP contribution in [0.25, 0.3) is 0 Å². The number of unbranched alkanes of at least 4 members (excludes halogenated alkanes) is 3. The number of hydrogen-bond donors (Lipinski definition) is 3. The van der Waals surface area contributed by atoms with Gasteiger partial charge in [0.05, 0.1) is 6.10 Å². The molecule has 0 heterocycles.